The highest BCUT2D eigenvalue weighted by molar-refractivity contribution is 7.07. The Hall–Kier alpha value is -2.40. The molecule has 0 saturated carbocycles. The lowest BCUT2D eigenvalue weighted by atomic mass is 10.0. The number of benzene rings is 1. The van der Waals surface area contributed by atoms with E-state index >= 15 is 0 Å². The molecule has 1 aromatic carbocycles. The Bertz CT molecular complexity index is 794. The maximum Gasteiger partial charge on any atom is 0.260 e. The second kappa shape index (κ2) is 7.45. The lowest BCUT2D eigenvalue weighted by Gasteiger charge is -2.21. The molecule has 0 bridgehead atoms. The molecule has 124 valence electrons. The van der Waals surface area contributed by atoms with Gasteiger partial charge in [-0.15, -0.1) is 0 Å². The fraction of sp³-hybridized carbons (Fsp3) is 0.263. The van der Waals surface area contributed by atoms with E-state index in [1.807, 2.05) is 40.6 Å². The fourth-order valence-electron chi connectivity index (χ4n) is 2.70. The lowest BCUT2D eigenvalue weighted by Crippen LogP contribution is -2.31. The molecule has 24 heavy (non-hydrogen) atoms. The Morgan fingerprint density at radius 2 is 2.04 bits per heavy atom. The predicted octanol–water partition coefficient (Wildman–Crippen LogP) is 4.76. The Balaban J connectivity index is 1.94. The van der Waals surface area contributed by atoms with Gasteiger partial charge in [0.05, 0.1) is 0 Å². The minimum atomic E-state index is -0.0272. The smallest absolute Gasteiger partial charge is 0.260 e. The first-order chi connectivity index (χ1) is 11.7. The van der Waals surface area contributed by atoms with E-state index in [-0.39, 0.29) is 5.91 Å². The standard InChI is InChI=1S/C19H20N2O2S/c1-3-10-21(12-15-9-11-24-13-15)19(22)17-14(2)23-20-18(17)16-7-5-4-6-8-16/h4-9,11,13H,3,10,12H2,1-2H3. The van der Waals surface area contributed by atoms with Crippen LogP contribution in [0.1, 0.15) is 35.0 Å². The van der Waals surface area contributed by atoms with Crippen LogP contribution in [0, 0.1) is 6.92 Å². The summed E-state index contributed by atoms with van der Waals surface area (Å²) in [5.41, 5.74) is 3.22. The van der Waals surface area contributed by atoms with Gasteiger partial charge in [-0.25, -0.2) is 0 Å². The Morgan fingerprint density at radius 3 is 2.71 bits per heavy atom. The van der Waals surface area contributed by atoms with Gasteiger partial charge in [-0.05, 0) is 35.7 Å². The van der Waals surface area contributed by atoms with Crippen molar-refractivity contribution >= 4 is 17.2 Å². The average molecular weight is 340 g/mol. The lowest BCUT2D eigenvalue weighted by molar-refractivity contribution is 0.0742. The highest BCUT2D eigenvalue weighted by Crippen LogP contribution is 2.27. The maximum atomic E-state index is 13.2. The molecule has 0 aliphatic carbocycles. The third-order valence-electron chi connectivity index (χ3n) is 3.86. The van der Waals surface area contributed by atoms with E-state index in [2.05, 4.69) is 23.5 Å². The number of hydrogen-bond acceptors (Lipinski definition) is 4. The molecule has 0 aliphatic heterocycles. The van der Waals surface area contributed by atoms with Crippen molar-refractivity contribution in [2.45, 2.75) is 26.8 Å². The Kier molecular flexibility index (Phi) is 5.11. The van der Waals surface area contributed by atoms with Crippen molar-refractivity contribution in [2.75, 3.05) is 6.54 Å². The zero-order chi connectivity index (χ0) is 16.9. The van der Waals surface area contributed by atoms with Gasteiger partial charge in [0, 0.05) is 18.7 Å². The van der Waals surface area contributed by atoms with Crippen molar-refractivity contribution in [1.29, 1.82) is 0 Å². The van der Waals surface area contributed by atoms with Crippen LogP contribution in [0.4, 0.5) is 0 Å². The molecule has 4 nitrogen and oxygen atoms in total. The van der Waals surface area contributed by atoms with Crippen LogP contribution in [0.5, 0.6) is 0 Å². The molecule has 0 N–H and O–H groups in total. The van der Waals surface area contributed by atoms with Crippen LogP contribution in [-0.4, -0.2) is 22.5 Å². The van der Waals surface area contributed by atoms with Gasteiger partial charge >= 0.3 is 0 Å². The monoisotopic (exact) mass is 340 g/mol. The number of hydrogen-bond donors (Lipinski definition) is 0. The van der Waals surface area contributed by atoms with Crippen LogP contribution in [0.2, 0.25) is 0 Å². The predicted molar refractivity (Wildman–Crippen MR) is 96.0 cm³/mol. The molecule has 5 heteroatoms. The molecular weight excluding hydrogens is 320 g/mol. The van der Waals surface area contributed by atoms with Crippen molar-refractivity contribution < 1.29 is 9.32 Å². The first-order valence-corrected chi connectivity index (χ1v) is 8.97. The van der Waals surface area contributed by atoms with Gasteiger partial charge in [0.25, 0.3) is 5.91 Å². The number of carbonyl (C=O) groups excluding carboxylic acids is 1. The molecule has 2 heterocycles. The summed E-state index contributed by atoms with van der Waals surface area (Å²) in [6.07, 6.45) is 0.904. The highest BCUT2D eigenvalue weighted by atomic mass is 32.1. The number of carbonyl (C=O) groups is 1. The Morgan fingerprint density at radius 1 is 1.25 bits per heavy atom. The van der Waals surface area contributed by atoms with Gasteiger partial charge in [0.15, 0.2) is 0 Å². The summed E-state index contributed by atoms with van der Waals surface area (Å²) in [5.74, 6) is 0.533. The highest BCUT2D eigenvalue weighted by Gasteiger charge is 2.25. The first-order valence-electron chi connectivity index (χ1n) is 8.02. The molecule has 0 fully saturated rings. The van der Waals surface area contributed by atoms with Crippen LogP contribution in [-0.2, 0) is 6.54 Å². The second-order valence-corrected chi connectivity index (χ2v) is 6.47. The molecule has 3 aromatic rings. The van der Waals surface area contributed by atoms with Gasteiger partial charge < -0.3 is 9.42 Å². The van der Waals surface area contributed by atoms with Gasteiger partial charge in [0.2, 0.25) is 0 Å². The molecule has 1 amide bonds. The number of nitrogens with zero attached hydrogens (tertiary/aromatic N) is 2. The van der Waals surface area contributed by atoms with E-state index in [1.165, 1.54) is 0 Å². The number of amides is 1. The molecule has 2 aromatic heterocycles. The summed E-state index contributed by atoms with van der Waals surface area (Å²) in [6.45, 7) is 5.18. The number of aromatic nitrogens is 1. The van der Waals surface area contributed by atoms with Gasteiger partial charge in [-0.2, -0.15) is 11.3 Å². The van der Waals surface area contributed by atoms with E-state index in [0.29, 0.717) is 30.1 Å². The summed E-state index contributed by atoms with van der Waals surface area (Å²) < 4.78 is 5.34. The number of aryl methyl sites for hydroxylation is 1. The molecule has 0 saturated heterocycles. The zero-order valence-corrected chi connectivity index (χ0v) is 14.7. The third kappa shape index (κ3) is 3.41. The van der Waals surface area contributed by atoms with E-state index in [4.69, 9.17) is 4.52 Å². The van der Waals surface area contributed by atoms with Crippen LogP contribution in [0.3, 0.4) is 0 Å². The second-order valence-electron chi connectivity index (χ2n) is 5.69. The van der Waals surface area contributed by atoms with Crippen molar-refractivity contribution in [2.24, 2.45) is 0 Å². The summed E-state index contributed by atoms with van der Waals surface area (Å²) in [7, 11) is 0. The van der Waals surface area contributed by atoms with Crippen molar-refractivity contribution in [1.82, 2.24) is 10.1 Å². The third-order valence-corrected chi connectivity index (χ3v) is 4.59. The van der Waals surface area contributed by atoms with Crippen molar-refractivity contribution in [3.63, 3.8) is 0 Å². The van der Waals surface area contributed by atoms with Gasteiger partial charge in [0.1, 0.15) is 17.0 Å². The topological polar surface area (TPSA) is 46.3 Å². The summed E-state index contributed by atoms with van der Waals surface area (Å²) in [6, 6.07) is 11.7. The van der Waals surface area contributed by atoms with Crippen LogP contribution in [0.15, 0.2) is 51.7 Å². The van der Waals surface area contributed by atoms with E-state index < -0.39 is 0 Å². The quantitative estimate of drug-likeness (QED) is 0.650. The molecule has 3 rings (SSSR count). The van der Waals surface area contributed by atoms with Crippen molar-refractivity contribution in [3.05, 3.63) is 64.0 Å². The largest absolute Gasteiger partial charge is 0.360 e. The zero-order valence-electron chi connectivity index (χ0n) is 13.9. The molecular formula is C19H20N2O2S. The van der Waals surface area contributed by atoms with Crippen molar-refractivity contribution in [3.8, 4) is 11.3 Å². The van der Waals surface area contributed by atoms with Crippen LogP contribution in [0.25, 0.3) is 11.3 Å². The van der Waals surface area contributed by atoms with Gasteiger partial charge in [-0.1, -0.05) is 42.4 Å². The van der Waals surface area contributed by atoms with Crippen LogP contribution >= 0.6 is 11.3 Å². The van der Waals surface area contributed by atoms with E-state index in [1.54, 1.807) is 18.3 Å². The molecule has 0 radical (unpaired) electrons. The van der Waals surface area contributed by atoms with E-state index in [9.17, 15) is 4.79 Å². The normalized spacial score (nSPS) is 10.8. The molecule has 0 spiro atoms. The van der Waals surface area contributed by atoms with Crippen LogP contribution < -0.4 is 0 Å². The van der Waals surface area contributed by atoms with E-state index in [0.717, 1.165) is 17.5 Å². The first kappa shape index (κ1) is 16.5. The molecule has 0 atom stereocenters. The Labute approximate surface area is 145 Å². The average Bonchev–Trinajstić information content (AvgIpc) is 3.24. The maximum absolute atomic E-state index is 13.2. The minimum absolute atomic E-state index is 0.0272. The summed E-state index contributed by atoms with van der Waals surface area (Å²) in [4.78, 5) is 15.0. The summed E-state index contributed by atoms with van der Waals surface area (Å²) >= 11 is 1.64. The number of rotatable bonds is 6. The molecule has 0 aliphatic rings. The number of thiophene rings is 1. The fourth-order valence-corrected chi connectivity index (χ4v) is 3.36. The molecule has 0 unspecified atom stereocenters. The van der Waals surface area contributed by atoms with Gasteiger partial charge in [-0.3, -0.25) is 4.79 Å². The summed E-state index contributed by atoms with van der Waals surface area (Å²) in [5, 5.41) is 8.24. The SMILES string of the molecule is CCCN(Cc1ccsc1)C(=O)c1c(-c2ccccc2)noc1C. The minimum Gasteiger partial charge on any atom is -0.360 e.